The molecular formula is C27H30N6O5. The molecule has 6 rings (SSSR count). The third-order valence-electron chi connectivity index (χ3n) is 6.83. The van der Waals surface area contributed by atoms with Crippen LogP contribution in [0.15, 0.2) is 72.0 Å². The molecule has 6 atom stereocenters. The average Bonchev–Trinajstić information content (AvgIpc) is 3.64. The van der Waals surface area contributed by atoms with Crippen LogP contribution in [0.25, 0.3) is 0 Å². The van der Waals surface area contributed by atoms with Gasteiger partial charge in [-0.25, -0.2) is 9.98 Å². The maximum atomic E-state index is 13.7. The van der Waals surface area contributed by atoms with Gasteiger partial charge in [0.1, 0.15) is 24.1 Å². The molecule has 2 fully saturated rings. The molecule has 1 amide bonds. The number of imidazole rings is 1. The van der Waals surface area contributed by atoms with Crippen molar-refractivity contribution in [1.29, 1.82) is 0 Å². The Morgan fingerprint density at radius 2 is 1.76 bits per heavy atom. The Morgan fingerprint density at radius 3 is 2.47 bits per heavy atom. The summed E-state index contributed by atoms with van der Waals surface area (Å²) in [6, 6.07) is 19.4. The maximum Gasteiger partial charge on any atom is 0.279 e. The first kappa shape index (κ1) is 24.6. The van der Waals surface area contributed by atoms with Crippen LogP contribution in [0.4, 0.5) is 5.82 Å². The lowest BCUT2D eigenvalue weighted by Crippen LogP contribution is -2.48. The lowest BCUT2D eigenvalue weighted by Gasteiger charge is -2.35. The van der Waals surface area contributed by atoms with Gasteiger partial charge in [0.15, 0.2) is 18.2 Å². The quantitative estimate of drug-likeness (QED) is 0.362. The number of aliphatic hydroxyl groups is 1. The number of hydrogen-bond donors (Lipinski definition) is 2. The zero-order valence-electron chi connectivity index (χ0n) is 21.1. The molecule has 198 valence electrons. The van der Waals surface area contributed by atoms with Crippen LogP contribution in [0.3, 0.4) is 0 Å². The Balaban J connectivity index is 1.31. The number of carbonyl (C=O) groups excluding carboxylic acids is 1. The van der Waals surface area contributed by atoms with Crippen molar-refractivity contribution in [3.8, 4) is 0 Å². The molecule has 3 aromatic rings. The van der Waals surface area contributed by atoms with Gasteiger partial charge in [-0.05, 0) is 5.56 Å². The SMILES string of the molecule is CN(C)/C=N/C1Nc2c(ncn2[C@@H]2O[C@H](CO)[C@H]3OC(c4ccccc4)O[C@H]32)C(=O)N1Cc1ccccc1. The smallest absolute Gasteiger partial charge is 0.279 e. The first-order chi connectivity index (χ1) is 18.5. The fourth-order valence-electron chi connectivity index (χ4n) is 5.03. The van der Waals surface area contributed by atoms with Crippen LogP contribution in [0.5, 0.6) is 0 Å². The number of hydrogen-bond acceptors (Lipinski definition) is 8. The van der Waals surface area contributed by atoms with Crippen LogP contribution < -0.4 is 5.32 Å². The third kappa shape index (κ3) is 4.43. The minimum absolute atomic E-state index is 0.230. The number of benzene rings is 2. The van der Waals surface area contributed by atoms with E-state index in [-0.39, 0.29) is 18.2 Å². The van der Waals surface area contributed by atoms with Gasteiger partial charge in [0.2, 0.25) is 6.29 Å². The van der Waals surface area contributed by atoms with E-state index in [1.54, 1.807) is 22.1 Å². The van der Waals surface area contributed by atoms with E-state index in [0.29, 0.717) is 12.4 Å². The van der Waals surface area contributed by atoms with E-state index in [0.717, 1.165) is 11.1 Å². The van der Waals surface area contributed by atoms with E-state index >= 15 is 0 Å². The standard InChI is InChI=1S/C27H30N6O5/c1-31(2)15-29-27-30-23-20(24(35)32(27)13-17-9-5-3-6-10-17)28-16-33(23)25-22-21(19(14-34)36-25)37-26(38-22)18-11-7-4-8-12-18/h3-12,15-16,19,21-22,25-27,30,34H,13-14H2,1-2H3/b29-15+/t19-,21-,22-,25-,26?,27?/m1/s1. The summed E-state index contributed by atoms with van der Waals surface area (Å²) in [7, 11) is 3.74. The molecule has 11 heteroatoms. The number of rotatable bonds is 7. The molecule has 2 unspecified atom stereocenters. The molecule has 0 bridgehead atoms. The van der Waals surface area contributed by atoms with Crippen molar-refractivity contribution in [2.75, 3.05) is 26.0 Å². The summed E-state index contributed by atoms with van der Waals surface area (Å²) in [5, 5.41) is 13.4. The molecule has 3 aliphatic heterocycles. The van der Waals surface area contributed by atoms with Gasteiger partial charge in [0.05, 0.1) is 19.3 Å². The normalized spacial score (nSPS) is 28.4. The summed E-state index contributed by atoms with van der Waals surface area (Å²) in [5.74, 6) is 0.232. The lowest BCUT2D eigenvalue weighted by molar-refractivity contribution is -0.153. The predicted molar refractivity (Wildman–Crippen MR) is 138 cm³/mol. The molecule has 0 saturated carbocycles. The highest BCUT2D eigenvalue weighted by Crippen LogP contribution is 2.45. The topological polar surface area (TPSA) is 114 Å². The van der Waals surface area contributed by atoms with Gasteiger partial charge in [-0.2, -0.15) is 0 Å². The summed E-state index contributed by atoms with van der Waals surface area (Å²) in [5.41, 5.74) is 2.13. The van der Waals surface area contributed by atoms with Gasteiger partial charge in [-0.15, -0.1) is 0 Å². The number of carbonyl (C=O) groups is 1. The first-order valence-electron chi connectivity index (χ1n) is 12.5. The number of aliphatic hydroxyl groups excluding tert-OH is 1. The molecule has 2 N–H and O–H groups in total. The number of amides is 1. The molecule has 0 aliphatic carbocycles. The number of anilines is 1. The van der Waals surface area contributed by atoms with Crippen molar-refractivity contribution < 1.29 is 24.1 Å². The van der Waals surface area contributed by atoms with Crippen molar-refractivity contribution in [3.63, 3.8) is 0 Å². The number of aromatic nitrogens is 2. The lowest BCUT2D eigenvalue weighted by atomic mass is 10.1. The van der Waals surface area contributed by atoms with Crippen LogP contribution in [0.1, 0.15) is 34.1 Å². The monoisotopic (exact) mass is 518 g/mol. The van der Waals surface area contributed by atoms with E-state index in [4.69, 9.17) is 14.2 Å². The highest BCUT2D eigenvalue weighted by atomic mass is 16.8. The van der Waals surface area contributed by atoms with Gasteiger partial charge >= 0.3 is 0 Å². The average molecular weight is 519 g/mol. The second-order valence-electron chi connectivity index (χ2n) is 9.71. The highest BCUT2D eigenvalue weighted by Gasteiger charge is 2.54. The van der Waals surface area contributed by atoms with Gasteiger partial charge in [0.25, 0.3) is 5.91 Å². The van der Waals surface area contributed by atoms with E-state index in [1.807, 2.05) is 79.7 Å². The van der Waals surface area contributed by atoms with Crippen molar-refractivity contribution in [2.45, 2.75) is 43.7 Å². The van der Waals surface area contributed by atoms with Crippen LogP contribution in [-0.4, -0.2) is 82.0 Å². The predicted octanol–water partition coefficient (Wildman–Crippen LogP) is 2.20. The van der Waals surface area contributed by atoms with Crippen molar-refractivity contribution in [1.82, 2.24) is 19.4 Å². The minimum Gasteiger partial charge on any atom is -0.394 e. The molecule has 2 saturated heterocycles. The van der Waals surface area contributed by atoms with E-state index in [2.05, 4.69) is 15.3 Å². The number of nitrogens with zero attached hydrogens (tertiary/aromatic N) is 5. The summed E-state index contributed by atoms with van der Waals surface area (Å²) in [6.07, 6.45) is -0.277. The Hall–Kier alpha value is -3.77. The third-order valence-corrected chi connectivity index (χ3v) is 6.83. The summed E-state index contributed by atoms with van der Waals surface area (Å²) < 4.78 is 20.4. The first-order valence-corrected chi connectivity index (χ1v) is 12.5. The van der Waals surface area contributed by atoms with Crippen LogP contribution >= 0.6 is 0 Å². The number of ether oxygens (including phenoxy) is 3. The summed E-state index contributed by atoms with van der Waals surface area (Å²) in [4.78, 5) is 26.2. The minimum atomic E-state index is -0.670. The molecule has 3 aliphatic rings. The summed E-state index contributed by atoms with van der Waals surface area (Å²) >= 11 is 0. The second-order valence-corrected chi connectivity index (χ2v) is 9.71. The number of nitrogens with one attached hydrogen (secondary N) is 1. The Kier molecular flexibility index (Phi) is 6.58. The fraction of sp³-hybridized carbons (Fsp3) is 0.370. The largest absolute Gasteiger partial charge is 0.394 e. The van der Waals surface area contributed by atoms with Crippen molar-refractivity contribution >= 4 is 18.1 Å². The van der Waals surface area contributed by atoms with E-state index in [1.165, 1.54) is 0 Å². The van der Waals surface area contributed by atoms with Crippen LogP contribution in [-0.2, 0) is 20.8 Å². The van der Waals surface area contributed by atoms with Crippen molar-refractivity contribution in [2.24, 2.45) is 4.99 Å². The zero-order chi connectivity index (χ0) is 26.2. The second kappa shape index (κ2) is 10.2. The highest BCUT2D eigenvalue weighted by molar-refractivity contribution is 5.99. The summed E-state index contributed by atoms with van der Waals surface area (Å²) in [6.45, 7) is 0.133. The van der Waals surface area contributed by atoms with Crippen molar-refractivity contribution in [3.05, 3.63) is 83.8 Å². The van der Waals surface area contributed by atoms with Gasteiger partial charge < -0.3 is 29.5 Å². The molecule has 0 radical (unpaired) electrons. The molecular weight excluding hydrogens is 488 g/mol. The molecule has 4 heterocycles. The fourth-order valence-corrected chi connectivity index (χ4v) is 5.03. The maximum absolute atomic E-state index is 13.7. The molecule has 0 spiro atoms. The zero-order valence-corrected chi connectivity index (χ0v) is 21.1. The Labute approximate surface area is 220 Å². The van der Waals surface area contributed by atoms with Gasteiger partial charge in [-0.3, -0.25) is 14.3 Å². The molecule has 11 nitrogen and oxygen atoms in total. The van der Waals surface area contributed by atoms with Gasteiger partial charge in [-0.1, -0.05) is 60.7 Å². The van der Waals surface area contributed by atoms with E-state index < -0.39 is 37.1 Å². The molecule has 2 aromatic carbocycles. The van der Waals surface area contributed by atoms with E-state index in [9.17, 15) is 9.90 Å². The Morgan fingerprint density at radius 1 is 1.05 bits per heavy atom. The van der Waals surface area contributed by atoms with Gasteiger partial charge in [0, 0.05) is 26.2 Å². The Bertz CT molecular complexity index is 1300. The number of aliphatic imine (C=N–C) groups is 1. The molecule has 1 aromatic heterocycles. The van der Waals surface area contributed by atoms with Crippen LogP contribution in [0.2, 0.25) is 0 Å². The molecule has 38 heavy (non-hydrogen) atoms. The van der Waals surface area contributed by atoms with Crippen LogP contribution in [0, 0.1) is 0 Å². The number of fused-ring (bicyclic) bond motifs is 2.